The maximum Gasteiger partial charge on any atom is 0.245 e. The zero-order valence-electron chi connectivity index (χ0n) is 12.6. The molecule has 6 heteroatoms. The van der Waals surface area contributed by atoms with Gasteiger partial charge in [0.2, 0.25) is 17.7 Å². The van der Waals surface area contributed by atoms with Crippen molar-refractivity contribution < 1.29 is 14.4 Å². The van der Waals surface area contributed by atoms with Gasteiger partial charge in [-0.2, -0.15) is 0 Å². The molecule has 3 amide bonds. The molecule has 0 aliphatic heterocycles. The molecule has 2 N–H and O–H groups in total. The van der Waals surface area contributed by atoms with Crippen LogP contribution < -0.4 is 5.73 Å². The van der Waals surface area contributed by atoms with Gasteiger partial charge in [-0.1, -0.05) is 13.8 Å². The lowest BCUT2D eigenvalue weighted by Gasteiger charge is -2.32. The summed E-state index contributed by atoms with van der Waals surface area (Å²) in [6, 6.07) is -1.26. The Labute approximate surface area is 114 Å². The van der Waals surface area contributed by atoms with E-state index in [0.717, 1.165) is 0 Å². The quantitative estimate of drug-likeness (QED) is 0.749. The van der Waals surface area contributed by atoms with Crippen molar-refractivity contribution in [2.75, 3.05) is 14.1 Å². The highest BCUT2D eigenvalue weighted by molar-refractivity contribution is 5.90. The SMILES string of the molecule is CC(=O)N(C)[C@@H](C)C(=O)N(C)[C@@H](CC(C)C)C(N)=O. The second-order valence-corrected chi connectivity index (χ2v) is 5.30. The van der Waals surface area contributed by atoms with Gasteiger partial charge in [-0.05, 0) is 19.3 Å². The molecule has 0 aliphatic rings. The van der Waals surface area contributed by atoms with Crippen molar-refractivity contribution in [3.05, 3.63) is 0 Å². The molecule has 110 valence electrons. The van der Waals surface area contributed by atoms with E-state index in [1.807, 2.05) is 13.8 Å². The second kappa shape index (κ2) is 7.11. The van der Waals surface area contributed by atoms with Crippen molar-refractivity contribution in [2.45, 2.75) is 46.2 Å². The molecule has 0 bridgehead atoms. The minimum Gasteiger partial charge on any atom is -0.368 e. The van der Waals surface area contributed by atoms with Crippen LogP contribution in [0.4, 0.5) is 0 Å². The summed E-state index contributed by atoms with van der Waals surface area (Å²) in [7, 11) is 3.10. The molecule has 6 nitrogen and oxygen atoms in total. The van der Waals surface area contributed by atoms with E-state index in [1.54, 1.807) is 21.0 Å². The van der Waals surface area contributed by atoms with E-state index in [2.05, 4.69) is 0 Å². The van der Waals surface area contributed by atoms with Crippen molar-refractivity contribution >= 4 is 17.7 Å². The molecule has 0 aliphatic carbocycles. The number of hydrogen-bond acceptors (Lipinski definition) is 3. The number of hydrogen-bond donors (Lipinski definition) is 1. The molecule has 0 radical (unpaired) electrons. The number of rotatable bonds is 6. The third-order valence-corrected chi connectivity index (χ3v) is 3.27. The third-order valence-electron chi connectivity index (χ3n) is 3.27. The first-order valence-corrected chi connectivity index (χ1v) is 6.38. The molecular formula is C13H25N3O3. The van der Waals surface area contributed by atoms with E-state index in [9.17, 15) is 14.4 Å². The fourth-order valence-corrected chi connectivity index (χ4v) is 1.80. The molecule has 0 saturated heterocycles. The molecule has 0 fully saturated rings. The monoisotopic (exact) mass is 271 g/mol. The molecule has 0 rings (SSSR count). The van der Waals surface area contributed by atoms with Gasteiger partial charge >= 0.3 is 0 Å². The largest absolute Gasteiger partial charge is 0.368 e. The van der Waals surface area contributed by atoms with Gasteiger partial charge in [0, 0.05) is 21.0 Å². The molecule has 0 aromatic heterocycles. The lowest BCUT2D eigenvalue weighted by Crippen LogP contribution is -2.53. The van der Waals surface area contributed by atoms with Crippen molar-refractivity contribution in [1.82, 2.24) is 9.80 Å². The molecule has 0 saturated carbocycles. The fraction of sp³-hybridized carbons (Fsp3) is 0.769. The normalized spacial score (nSPS) is 13.8. The van der Waals surface area contributed by atoms with Crippen LogP contribution >= 0.6 is 0 Å². The van der Waals surface area contributed by atoms with Crippen LogP contribution in [0.5, 0.6) is 0 Å². The Hall–Kier alpha value is -1.59. The van der Waals surface area contributed by atoms with Gasteiger partial charge in [-0.25, -0.2) is 0 Å². The van der Waals surface area contributed by atoms with Gasteiger partial charge in [0.1, 0.15) is 12.1 Å². The van der Waals surface area contributed by atoms with Crippen LogP contribution in [0.1, 0.15) is 34.1 Å². The van der Waals surface area contributed by atoms with Crippen molar-refractivity contribution in [3.8, 4) is 0 Å². The minimum absolute atomic E-state index is 0.200. The highest BCUT2D eigenvalue weighted by Crippen LogP contribution is 2.12. The minimum atomic E-state index is -0.643. The highest BCUT2D eigenvalue weighted by atomic mass is 16.2. The van der Waals surface area contributed by atoms with E-state index < -0.39 is 18.0 Å². The summed E-state index contributed by atoms with van der Waals surface area (Å²) in [5.41, 5.74) is 5.35. The van der Waals surface area contributed by atoms with Crippen LogP contribution in [-0.2, 0) is 14.4 Å². The Kier molecular flexibility index (Phi) is 6.52. The van der Waals surface area contributed by atoms with E-state index >= 15 is 0 Å². The predicted octanol–water partition coefficient (Wildman–Crippen LogP) is 0.212. The van der Waals surface area contributed by atoms with E-state index in [0.29, 0.717) is 6.42 Å². The van der Waals surface area contributed by atoms with Crippen LogP contribution in [0.3, 0.4) is 0 Å². The summed E-state index contributed by atoms with van der Waals surface area (Å²) < 4.78 is 0. The number of primary amides is 1. The number of carbonyl (C=O) groups is 3. The Morgan fingerprint density at radius 2 is 1.53 bits per heavy atom. The maximum absolute atomic E-state index is 12.2. The maximum atomic E-state index is 12.2. The summed E-state index contributed by atoms with van der Waals surface area (Å²) in [4.78, 5) is 37.6. The number of nitrogens with zero attached hydrogens (tertiary/aromatic N) is 2. The third kappa shape index (κ3) is 4.89. The van der Waals surface area contributed by atoms with Gasteiger partial charge < -0.3 is 15.5 Å². The standard InChI is InChI=1S/C13H25N3O3/c1-8(2)7-11(12(14)18)16(6)13(19)9(3)15(5)10(4)17/h8-9,11H,7H2,1-6H3,(H2,14,18)/t9-,11-/m0/s1. The number of likely N-dealkylation sites (N-methyl/N-ethyl adjacent to an activating group) is 2. The molecule has 19 heavy (non-hydrogen) atoms. The first kappa shape index (κ1) is 17.4. The second-order valence-electron chi connectivity index (χ2n) is 5.30. The number of nitrogens with two attached hydrogens (primary N) is 1. The van der Waals surface area contributed by atoms with Crippen LogP contribution in [0, 0.1) is 5.92 Å². The molecule has 0 unspecified atom stereocenters. The Bertz CT molecular complexity index is 355. The van der Waals surface area contributed by atoms with Gasteiger partial charge in [0.15, 0.2) is 0 Å². The van der Waals surface area contributed by atoms with Crippen LogP contribution in [-0.4, -0.2) is 53.7 Å². The lowest BCUT2D eigenvalue weighted by atomic mass is 10.0. The van der Waals surface area contributed by atoms with Gasteiger partial charge in [-0.15, -0.1) is 0 Å². The molecule has 2 atom stereocenters. The van der Waals surface area contributed by atoms with Crippen LogP contribution in [0.15, 0.2) is 0 Å². The molecule has 0 heterocycles. The average molecular weight is 271 g/mol. The average Bonchev–Trinajstić information content (AvgIpc) is 2.31. The zero-order chi connectivity index (χ0) is 15.3. The van der Waals surface area contributed by atoms with Gasteiger partial charge in [0.25, 0.3) is 0 Å². The van der Waals surface area contributed by atoms with E-state index in [1.165, 1.54) is 16.7 Å². The Morgan fingerprint density at radius 1 is 1.05 bits per heavy atom. The van der Waals surface area contributed by atoms with Crippen molar-refractivity contribution in [3.63, 3.8) is 0 Å². The first-order chi connectivity index (χ1) is 8.59. The van der Waals surface area contributed by atoms with E-state index in [4.69, 9.17) is 5.73 Å². The summed E-state index contributed by atoms with van der Waals surface area (Å²) in [6.07, 6.45) is 0.508. The molecule has 0 aromatic carbocycles. The van der Waals surface area contributed by atoms with Crippen molar-refractivity contribution in [1.29, 1.82) is 0 Å². The summed E-state index contributed by atoms with van der Waals surface area (Å²) in [5, 5.41) is 0. The van der Waals surface area contributed by atoms with Crippen LogP contribution in [0.25, 0.3) is 0 Å². The van der Waals surface area contributed by atoms with Crippen molar-refractivity contribution in [2.24, 2.45) is 11.7 Å². The summed E-state index contributed by atoms with van der Waals surface area (Å²) in [6.45, 7) is 6.94. The predicted molar refractivity (Wildman–Crippen MR) is 73.1 cm³/mol. The molecule has 0 aromatic rings. The summed E-state index contributed by atoms with van der Waals surface area (Å²) >= 11 is 0. The summed E-state index contributed by atoms with van der Waals surface area (Å²) in [5.74, 6) is -0.772. The van der Waals surface area contributed by atoms with Gasteiger partial charge in [-0.3, -0.25) is 14.4 Å². The smallest absolute Gasteiger partial charge is 0.245 e. The fourth-order valence-electron chi connectivity index (χ4n) is 1.80. The van der Waals surface area contributed by atoms with E-state index in [-0.39, 0.29) is 17.7 Å². The number of carbonyl (C=O) groups excluding carboxylic acids is 3. The van der Waals surface area contributed by atoms with Crippen LogP contribution in [0.2, 0.25) is 0 Å². The molecular weight excluding hydrogens is 246 g/mol. The Balaban J connectivity index is 4.94. The molecule has 0 spiro atoms. The number of amides is 3. The van der Waals surface area contributed by atoms with Gasteiger partial charge in [0.05, 0.1) is 0 Å². The zero-order valence-corrected chi connectivity index (χ0v) is 12.6. The topological polar surface area (TPSA) is 83.7 Å². The first-order valence-electron chi connectivity index (χ1n) is 6.38. The Morgan fingerprint density at radius 3 is 1.84 bits per heavy atom. The highest BCUT2D eigenvalue weighted by Gasteiger charge is 2.30. The lowest BCUT2D eigenvalue weighted by molar-refractivity contribution is -0.146.